The molecular weight excluding hydrogens is 419 g/mol. The molecular formula is C23H23FN2O4S. The van der Waals surface area contributed by atoms with Crippen LogP contribution in [0, 0.1) is 12.7 Å². The fraction of sp³-hybridized carbons (Fsp3) is 0.174. The Hall–Kier alpha value is -3.23. The molecule has 1 atom stereocenters. The van der Waals surface area contributed by atoms with Gasteiger partial charge in [-0.05, 0) is 60.9 Å². The number of aryl methyl sites for hydroxylation is 1. The van der Waals surface area contributed by atoms with Crippen molar-refractivity contribution in [3.8, 4) is 5.75 Å². The molecule has 3 aromatic carbocycles. The summed E-state index contributed by atoms with van der Waals surface area (Å²) in [5.41, 5.74) is 2.12. The maximum Gasteiger partial charge on any atom is 0.243 e. The maximum atomic E-state index is 13.2. The van der Waals surface area contributed by atoms with Gasteiger partial charge in [0.25, 0.3) is 0 Å². The molecule has 162 valence electrons. The summed E-state index contributed by atoms with van der Waals surface area (Å²) >= 11 is 0. The van der Waals surface area contributed by atoms with Crippen molar-refractivity contribution < 1.29 is 22.3 Å². The lowest BCUT2D eigenvalue weighted by Gasteiger charge is -2.20. The van der Waals surface area contributed by atoms with Crippen LogP contribution in [0.1, 0.15) is 11.1 Å². The van der Waals surface area contributed by atoms with Crippen molar-refractivity contribution in [2.75, 3.05) is 12.4 Å². The number of rotatable bonds is 8. The summed E-state index contributed by atoms with van der Waals surface area (Å²) in [6.07, 6.45) is 0.126. The number of ether oxygens (including phenoxy) is 1. The van der Waals surface area contributed by atoms with Crippen LogP contribution in [0.15, 0.2) is 77.7 Å². The number of hydrogen-bond acceptors (Lipinski definition) is 4. The van der Waals surface area contributed by atoms with Gasteiger partial charge < -0.3 is 10.1 Å². The molecule has 1 amide bonds. The third-order valence-electron chi connectivity index (χ3n) is 4.63. The standard InChI is InChI=1S/C23H23FN2O4S/c1-16-8-13-22(30-2)20(14-16)25-23(27)21(15-17-6-4-3-5-7-17)26-31(28,29)19-11-9-18(24)10-12-19/h3-14,21,26H,15H2,1-2H3,(H,25,27). The number of amides is 1. The van der Waals surface area contributed by atoms with Gasteiger partial charge in [0.05, 0.1) is 17.7 Å². The number of carbonyl (C=O) groups is 1. The zero-order valence-electron chi connectivity index (χ0n) is 17.1. The predicted molar refractivity (Wildman–Crippen MR) is 117 cm³/mol. The van der Waals surface area contributed by atoms with Crippen molar-refractivity contribution >= 4 is 21.6 Å². The second-order valence-corrected chi connectivity index (χ2v) is 8.72. The van der Waals surface area contributed by atoms with Crippen molar-refractivity contribution in [2.45, 2.75) is 24.3 Å². The van der Waals surface area contributed by atoms with Gasteiger partial charge in [0, 0.05) is 0 Å². The maximum absolute atomic E-state index is 13.2. The van der Waals surface area contributed by atoms with Gasteiger partial charge in [0.15, 0.2) is 0 Å². The van der Waals surface area contributed by atoms with E-state index in [9.17, 15) is 17.6 Å². The Morgan fingerprint density at radius 2 is 1.71 bits per heavy atom. The van der Waals surface area contributed by atoms with Gasteiger partial charge in [-0.15, -0.1) is 0 Å². The van der Waals surface area contributed by atoms with Crippen LogP contribution in [0.2, 0.25) is 0 Å². The van der Waals surface area contributed by atoms with Crippen LogP contribution in [0.25, 0.3) is 0 Å². The molecule has 31 heavy (non-hydrogen) atoms. The SMILES string of the molecule is COc1ccc(C)cc1NC(=O)C(Cc1ccccc1)NS(=O)(=O)c1ccc(F)cc1. The van der Waals surface area contributed by atoms with Gasteiger partial charge in [0.1, 0.15) is 17.6 Å². The smallest absolute Gasteiger partial charge is 0.243 e. The molecule has 6 nitrogen and oxygen atoms in total. The van der Waals surface area contributed by atoms with Crippen LogP contribution in [0.4, 0.5) is 10.1 Å². The highest BCUT2D eigenvalue weighted by Crippen LogP contribution is 2.25. The molecule has 0 aliphatic carbocycles. The number of halogens is 1. The summed E-state index contributed by atoms with van der Waals surface area (Å²) in [5.74, 6) is -0.638. The highest BCUT2D eigenvalue weighted by molar-refractivity contribution is 7.89. The largest absolute Gasteiger partial charge is 0.495 e. The second-order valence-electron chi connectivity index (χ2n) is 7.01. The van der Waals surface area contributed by atoms with E-state index in [1.165, 1.54) is 7.11 Å². The van der Waals surface area contributed by atoms with Crippen LogP contribution in [0.3, 0.4) is 0 Å². The number of sulfonamides is 1. The monoisotopic (exact) mass is 442 g/mol. The Morgan fingerprint density at radius 1 is 1.03 bits per heavy atom. The van der Waals surface area contributed by atoms with Crippen molar-refractivity contribution in [1.82, 2.24) is 4.72 Å². The molecule has 3 rings (SSSR count). The molecule has 2 N–H and O–H groups in total. The van der Waals surface area contributed by atoms with Crippen LogP contribution in [-0.4, -0.2) is 27.5 Å². The van der Waals surface area contributed by atoms with Gasteiger partial charge >= 0.3 is 0 Å². The van der Waals surface area contributed by atoms with Gasteiger partial charge in [0.2, 0.25) is 15.9 Å². The van der Waals surface area contributed by atoms with E-state index in [4.69, 9.17) is 4.74 Å². The molecule has 0 saturated carbocycles. The zero-order valence-corrected chi connectivity index (χ0v) is 17.9. The Labute approximate surface area is 181 Å². The number of benzene rings is 3. The first-order valence-corrected chi connectivity index (χ1v) is 11.0. The molecule has 0 fully saturated rings. The summed E-state index contributed by atoms with van der Waals surface area (Å²) in [6.45, 7) is 1.87. The van der Waals surface area contributed by atoms with Crippen molar-refractivity contribution in [3.05, 3.63) is 89.7 Å². The number of nitrogens with one attached hydrogen (secondary N) is 2. The zero-order chi connectivity index (χ0) is 22.4. The van der Waals surface area contributed by atoms with Crippen LogP contribution in [0.5, 0.6) is 5.75 Å². The molecule has 0 aromatic heterocycles. The normalized spacial score (nSPS) is 12.2. The van der Waals surface area contributed by atoms with Crippen molar-refractivity contribution in [3.63, 3.8) is 0 Å². The first-order valence-electron chi connectivity index (χ1n) is 9.56. The third kappa shape index (κ3) is 5.90. The summed E-state index contributed by atoms with van der Waals surface area (Å²) in [5, 5.41) is 2.75. The van der Waals surface area contributed by atoms with E-state index in [1.54, 1.807) is 24.3 Å². The summed E-state index contributed by atoms with van der Waals surface area (Å²) in [6, 6.07) is 17.7. The minimum Gasteiger partial charge on any atom is -0.495 e. The van der Waals surface area contributed by atoms with Crippen molar-refractivity contribution in [2.24, 2.45) is 0 Å². The highest BCUT2D eigenvalue weighted by Gasteiger charge is 2.27. The molecule has 3 aromatic rings. The van der Waals surface area contributed by atoms with E-state index < -0.39 is 27.8 Å². The number of anilines is 1. The van der Waals surface area contributed by atoms with Crippen LogP contribution >= 0.6 is 0 Å². The molecule has 0 bridgehead atoms. The Morgan fingerprint density at radius 3 is 2.35 bits per heavy atom. The predicted octanol–water partition coefficient (Wildman–Crippen LogP) is 3.67. The Bertz CT molecular complexity index is 1150. The van der Waals surface area contributed by atoms with E-state index in [0.717, 1.165) is 35.4 Å². The quantitative estimate of drug-likeness (QED) is 0.558. The molecule has 0 spiro atoms. The second kappa shape index (κ2) is 9.72. The van der Waals surface area contributed by atoms with E-state index in [1.807, 2.05) is 31.2 Å². The topological polar surface area (TPSA) is 84.5 Å². The van der Waals surface area contributed by atoms with Gasteiger partial charge in [-0.1, -0.05) is 36.4 Å². The first kappa shape index (κ1) is 22.5. The summed E-state index contributed by atoms with van der Waals surface area (Å²) in [4.78, 5) is 13.0. The average Bonchev–Trinajstić information content (AvgIpc) is 2.74. The highest BCUT2D eigenvalue weighted by atomic mass is 32.2. The van der Waals surface area contributed by atoms with Gasteiger partial charge in [-0.25, -0.2) is 12.8 Å². The van der Waals surface area contributed by atoms with E-state index in [2.05, 4.69) is 10.0 Å². The molecule has 0 aliphatic rings. The summed E-state index contributed by atoms with van der Waals surface area (Å²) < 4.78 is 46.6. The first-order chi connectivity index (χ1) is 14.8. The lowest BCUT2D eigenvalue weighted by atomic mass is 10.1. The lowest BCUT2D eigenvalue weighted by molar-refractivity contribution is -0.117. The van der Waals surface area contributed by atoms with Gasteiger partial charge in [-0.2, -0.15) is 4.72 Å². The van der Waals surface area contributed by atoms with E-state index in [0.29, 0.717) is 11.4 Å². The average molecular weight is 443 g/mol. The molecule has 0 radical (unpaired) electrons. The fourth-order valence-corrected chi connectivity index (χ4v) is 4.24. The molecule has 8 heteroatoms. The lowest BCUT2D eigenvalue weighted by Crippen LogP contribution is -2.45. The molecule has 0 saturated heterocycles. The minimum absolute atomic E-state index is 0.126. The third-order valence-corrected chi connectivity index (χ3v) is 6.12. The Kier molecular flexibility index (Phi) is 7.04. The number of methoxy groups -OCH3 is 1. The van der Waals surface area contributed by atoms with Crippen LogP contribution in [-0.2, 0) is 21.2 Å². The fourth-order valence-electron chi connectivity index (χ4n) is 3.05. The van der Waals surface area contributed by atoms with E-state index >= 15 is 0 Å². The Balaban J connectivity index is 1.90. The van der Waals surface area contributed by atoms with Crippen LogP contribution < -0.4 is 14.8 Å². The van der Waals surface area contributed by atoms with Gasteiger partial charge in [-0.3, -0.25) is 4.79 Å². The molecule has 0 heterocycles. The van der Waals surface area contributed by atoms with E-state index in [-0.39, 0.29) is 11.3 Å². The van der Waals surface area contributed by atoms with Crippen molar-refractivity contribution in [1.29, 1.82) is 0 Å². The number of hydrogen-bond donors (Lipinski definition) is 2. The molecule has 0 aliphatic heterocycles. The minimum atomic E-state index is -4.07. The number of carbonyl (C=O) groups excluding carboxylic acids is 1. The summed E-state index contributed by atoms with van der Waals surface area (Å²) in [7, 11) is -2.58. The molecule has 1 unspecified atom stereocenters.